The van der Waals surface area contributed by atoms with Crippen LogP contribution in [0.1, 0.15) is 17.9 Å². The first-order valence-corrected chi connectivity index (χ1v) is 10.1. The van der Waals surface area contributed by atoms with Gasteiger partial charge in [0.15, 0.2) is 0 Å². The quantitative estimate of drug-likeness (QED) is 0.597. The number of hydrogen-bond acceptors (Lipinski definition) is 6. The molecule has 1 aliphatic carbocycles. The van der Waals surface area contributed by atoms with Gasteiger partial charge in [-0.15, -0.1) is 0 Å². The summed E-state index contributed by atoms with van der Waals surface area (Å²) >= 11 is 0. The molecule has 4 N–H and O–H groups in total. The zero-order valence-corrected chi connectivity index (χ0v) is 13.8. The highest BCUT2D eigenvalue weighted by Crippen LogP contribution is 2.42. The molecule has 0 saturated heterocycles. The Hall–Kier alpha value is -1.47. The molecule has 0 aliphatic heterocycles. The molecule has 1 saturated carbocycles. The van der Waals surface area contributed by atoms with Gasteiger partial charge in [-0.3, -0.25) is 4.79 Å². The highest BCUT2D eigenvalue weighted by Gasteiger charge is 2.44. The normalized spacial score (nSPS) is 28.5. The van der Waals surface area contributed by atoms with Gasteiger partial charge in [0.1, 0.15) is 18.8 Å². The molecule has 8 nitrogen and oxygen atoms in total. The van der Waals surface area contributed by atoms with Gasteiger partial charge in [-0.1, -0.05) is 0 Å². The summed E-state index contributed by atoms with van der Waals surface area (Å²) in [6, 6.07) is 0. The van der Waals surface area contributed by atoms with E-state index in [-0.39, 0.29) is 11.9 Å². The number of nitrogens with zero attached hydrogens (tertiary/aromatic N) is 1. The second-order valence-corrected chi connectivity index (χ2v) is 9.84. The lowest BCUT2D eigenvalue weighted by Gasteiger charge is -2.18. The number of aromatic nitrogens is 3. The van der Waals surface area contributed by atoms with Gasteiger partial charge in [0.2, 0.25) is 0 Å². The molecule has 4 atom stereocenters. The number of aliphatic hydroxyl groups excluding tert-OH is 2. The second-order valence-electron chi connectivity index (χ2n) is 6.43. The van der Waals surface area contributed by atoms with Crippen LogP contribution < -0.4 is 5.56 Å². The van der Waals surface area contributed by atoms with E-state index in [1.807, 2.05) is 0 Å². The molecular weight excluding hydrogens is 321 g/mol. The summed E-state index contributed by atoms with van der Waals surface area (Å²) in [6.07, 6.45) is 0.643. The van der Waals surface area contributed by atoms with Crippen molar-refractivity contribution in [2.75, 3.05) is 19.7 Å². The Morgan fingerprint density at radius 3 is 2.78 bits per heavy atom. The standard InChI is InChI=1S/C14H20N3O5P/c1-23(2,21)6-22-9-3-7(12(18)13(9)19)8-4-15-11-10(8)16-5-17-14(11)20/h4-5,7,9,12-13,15,18-19H,3,6H2,1-2H3,(H,16,17,20)/t7-,9-,12-,13+/m0/s1. The summed E-state index contributed by atoms with van der Waals surface area (Å²) in [5.41, 5.74) is 1.18. The van der Waals surface area contributed by atoms with E-state index >= 15 is 0 Å². The van der Waals surface area contributed by atoms with E-state index in [0.717, 1.165) is 0 Å². The van der Waals surface area contributed by atoms with Gasteiger partial charge in [-0.2, -0.15) is 0 Å². The van der Waals surface area contributed by atoms with Crippen molar-refractivity contribution in [3.05, 3.63) is 28.4 Å². The molecule has 2 aromatic rings. The van der Waals surface area contributed by atoms with Gasteiger partial charge in [0.25, 0.3) is 5.56 Å². The van der Waals surface area contributed by atoms with Gasteiger partial charge in [0.05, 0.1) is 30.4 Å². The number of nitrogens with one attached hydrogen (secondary N) is 2. The third-order valence-corrected chi connectivity index (χ3v) is 4.90. The van der Waals surface area contributed by atoms with E-state index in [0.29, 0.717) is 23.0 Å². The van der Waals surface area contributed by atoms with Crippen molar-refractivity contribution in [3.8, 4) is 0 Å². The summed E-state index contributed by atoms with van der Waals surface area (Å²) in [5, 5.41) is 20.5. The minimum atomic E-state index is -2.37. The maximum absolute atomic E-state index is 11.8. The summed E-state index contributed by atoms with van der Waals surface area (Å²) in [6.45, 7) is 3.22. The Morgan fingerprint density at radius 1 is 1.35 bits per heavy atom. The fourth-order valence-corrected chi connectivity index (χ4v) is 3.54. The molecule has 0 spiro atoms. The molecule has 0 aromatic carbocycles. The van der Waals surface area contributed by atoms with Crippen molar-refractivity contribution >= 4 is 18.2 Å². The second kappa shape index (κ2) is 5.87. The highest BCUT2D eigenvalue weighted by molar-refractivity contribution is 7.62. The zero-order valence-electron chi connectivity index (χ0n) is 12.9. The van der Waals surface area contributed by atoms with Crippen LogP contribution in [0.2, 0.25) is 0 Å². The molecule has 0 radical (unpaired) electrons. The summed E-state index contributed by atoms with van der Waals surface area (Å²) in [4.78, 5) is 21.2. The van der Waals surface area contributed by atoms with Crippen molar-refractivity contribution in [1.82, 2.24) is 15.0 Å². The van der Waals surface area contributed by atoms with E-state index in [2.05, 4.69) is 15.0 Å². The molecule has 23 heavy (non-hydrogen) atoms. The van der Waals surface area contributed by atoms with Gasteiger partial charge in [0, 0.05) is 17.7 Å². The minimum Gasteiger partial charge on any atom is -0.390 e. The third-order valence-electron chi connectivity index (χ3n) is 4.13. The van der Waals surface area contributed by atoms with Crippen LogP contribution in [-0.4, -0.2) is 63.2 Å². The Balaban J connectivity index is 1.87. The molecule has 0 amide bonds. The SMILES string of the molecule is CP(C)(=O)CO[C@H]1C[C@@H](c2c[nH]c3c(=O)[nH]cnc23)[C@H](O)[C@@H]1O. The maximum atomic E-state index is 11.8. The maximum Gasteiger partial charge on any atom is 0.275 e. The largest absolute Gasteiger partial charge is 0.390 e. The van der Waals surface area contributed by atoms with Crippen LogP contribution in [-0.2, 0) is 9.30 Å². The number of rotatable bonds is 4. The first-order chi connectivity index (χ1) is 10.8. The number of hydrogen-bond donors (Lipinski definition) is 4. The van der Waals surface area contributed by atoms with Crippen LogP contribution in [0.4, 0.5) is 0 Å². The van der Waals surface area contributed by atoms with Gasteiger partial charge < -0.3 is 29.5 Å². The molecule has 3 rings (SSSR count). The van der Waals surface area contributed by atoms with Crippen molar-refractivity contribution in [3.63, 3.8) is 0 Å². The van der Waals surface area contributed by atoms with E-state index < -0.39 is 31.4 Å². The summed E-state index contributed by atoms with van der Waals surface area (Å²) in [5.74, 6) is -0.411. The van der Waals surface area contributed by atoms with Crippen LogP contribution in [0.3, 0.4) is 0 Å². The number of fused-ring (bicyclic) bond motifs is 1. The first-order valence-electron chi connectivity index (χ1n) is 7.34. The molecule has 2 aromatic heterocycles. The van der Waals surface area contributed by atoms with Gasteiger partial charge in [-0.25, -0.2) is 4.98 Å². The van der Waals surface area contributed by atoms with Crippen LogP contribution in [0, 0.1) is 0 Å². The average molecular weight is 341 g/mol. The minimum absolute atomic E-state index is 0.0555. The lowest BCUT2D eigenvalue weighted by molar-refractivity contribution is -0.0435. The van der Waals surface area contributed by atoms with Crippen LogP contribution in [0.15, 0.2) is 17.3 Å². The van der Waals surface area contributed by atoms with E-state index in [4.69, 9.17) is 4.74 Å². The Kier molecular flexibility index (Phi) is 4.18. The third kappa shape index (κ3) is 3.12. The van der Waals surface area contributed by atoms with Crippen LogP contribution >= 0.6 is 7.14 Å². The first kappa shape index (κ1) is 16.4. The average Bonchev–Trinajstić information content (AvgIpc) is 3.01. The molecule has 1 fully saturated rings. The van der Waals surface area contributed by atoms with Crippen molar-refractivity contribution in [2.24, 2.45) is 0 Å². The fourth-order valence-electron chi connectivity index (χ4n) is 2.99. The van der Waals surface area contributed by atoms with E-state index in [9.17, 15) is 19.6 Å². The van der Waals surface area contributed by atoms with Crippen molar-refractivity contribution in [1.29, 1.82) is 0 Å². The van der Waals surface area contributed by atoms with E-state index in [1.54, 1.807) is 19.5 Å². The smallest absolute Gasteiger partial charge is 0.275 e. The van der Waals surface area contributed by atoms with Crippen molar-refractivity contribution < 1.29 is 19.5 Å². The summed E-state index contributed by atoms with van der Waals surface area (Å²) < 4.78 is 17.3. The highest BCUT2D eigenvalue weighted by atomic mass is 31.2. The van der Waals surface area contributed by atoms with E-state index in [1.165, 1.54) is 6.33 Å². The predicted molar refractivity (Wildman–Crippen MR) is 85.3 cm³/mol. The molecule has 0 unspecified atom stereocenters. The Labute approximate surface area is 132 Å². The number of H-pyrrole nitrogens is 2. The molecule has 1 aliphatic rings. The molecule has 0 bridgehead atoms. The fraction of sp³-hybridized carbons (Fsp3) is 0.571. The van der Waals surface area contributed by atoms with Crippen LogP contribution in [0.25, 0.3) is 11.0 Å². The number of aliphatic hydroxyl groups is 2. The molecular formula is C14H20N3O5P. The van der Waals surface area contributed by atoms with Crippen molar-refractivity contribution in [2.45, 2.75) is 30.7 Å². The van der Waals surface area contributed by atoms with Gasteiger partial charge in [-0.05, 0) is 19.8 Å². The molecule has 9 heteroatoms. The monoisotopic (exact) mass is 341 g/mol. The topological polar surface area (TPSA) is 128 Å². The molecule has 126 valence electrons. The lowest BCUT2D eigenvalue weighted by atomic mass is 9.97. The lowest BCUT2D eigenvalue weighted by Crippen LogP contribution is -2.32. The Bertz CT molecular complexity index is 810. The van der Waals surface area contributed by atoms with Gasteiger partial charge >= 0.3 is 0 Å². The Morgan fingerprint density at radius 2 is 2.09 bits per heavy atom. The summed E-state index contributed by atoms with van der Waals surface area (Å²) in [7, 11) is -2.37. The zero-order chi connectivity index (χ0) is 16.8. The number of ether oxygens (including phenoxy) is 1. The predicted octanol–water partition coefficient (Wildman–Crippen LogP) is 0.426. The number of aromatic amines is 2. The molecule has 2 heterocycles. The van der Waals surface area contributed by atoms with Crippen LogP contribution in [0.5, 0.6) is 0 Å².